The lowest BCUT2D eigenvalue weighted by molar-refractivity contribution is 0.310. The minimum absolute atomic E-state index is 0.629. The summed E-state index contributed by atoms with van der Waals surface area (Å²) < 4.78 is 12.9. The molecule has 7 heteroatoms. The van der Waals surface area contributed by atoms with E-state index in [1.807, 2.05) is 29.9 Å². The number of nitrogens with one attached hydrogen (secondary N) is 2. The molecule has 2 rings (SSSR count). The summed E-state index contributed by atoms with van der Waals surface area (Å²) in [5.41, 5.74) is 1.24. The van der Waals surface area contributed by atoms with Crippen LogP contribution in [0.4, 0.5) is 0 Å². The zero-order valence-electron chi connectivity index (χ0n) is 17.3. The average Bonchev–Trinajstić information content (AvgIpc) is 3.22. The molecule has 7 nitrogen and oxygen atoms in total. The molecule has 2 aromatic rings. The lowest BCUT2D eigenvalue weighted by atomic mass is 10.1. The van der Waals surface area contributed by atoms with Crippen LogP contribution in [-0.4, -0.2) is 49.1 Å². The fourth-order valence-electron chi connectivity index (χ4n) is 2.84. The van der Waals surface area contributed by atoms with Crippen LogP contribution in [0.1, 0.15) is 32.3 Å². The van der Waals surface area contributed by atoms with Crippen LogP contribution in [-0.2, 0) is 13.0 Å². The Hall–Kier alpha value is -2.70. The van der Waals surface area contributed by atoms with E-state index in [1.165, 1.54) is 5.56 Å². The van der Waals surface area contributed by atoms with Gasteiger partial charge in [-0.05, 0) is 56.9 Å². The van der Waals surface area contributed by atoms with Crippen molar-refractivity contribution < 1.29 is 9.47 Å². The molecule has 1 heterocycles. The van der Waals surface area contributed by atoms with Crippen molar-refractivity contribution in [2.75, 3.05) is 33.4 Å². The quantitative estimate of drug-likeness (QED) is 0.333. The summed E-state index contributed by atoms with van der Waals surface area (Å²) in [7, 11) is 1.66. The standard InChI is InChI=1S/C21H33N5O2/c1-4-22-21(24-13-7-15-26-16-8-14-25-26)23-12-6-9-18-10-11-19(27-3)20(17-18)28-5-2/h8,10-11,14,16-17H,4-7,9,12-13,15H2,1-3H3,(H2,22,23,24). The molecule has 0 spiro atoms. The number of guanidine groups is 1. The lowest BCUT2D eigenvalue weighted by Gasteiger charge is -2.13. The van der Waals surface area contributed by atoms with Crippen LogP contribution in [0.2, 0.25) is 0 Å². The monoisotopic (exact) mass is 387 g/mol. The summed E-state index contributed by atoms with van der Waals surface area (Å²) in [6.07, 6.45) is 6.72. The van der Waals surface area contributed by atoms with Gasteiger partial charge in [0.1, 0.15) is 0 Å². The normalized spacial score (nSPS) is 11.3. The Balaban J connectivity index is 1.74. The van der Waals surface area contributed by atoms with Crippen LogP contribution in [0.25, 0.3) is 0 Å². The maximum atomic E-state index is 5.65. The Morgan fingerprint density at radius 2 is 2.07 bits per heavy atom. The molecule has 0 unspecified atom stereocenters. The van der Waals surface area contributed by atoms with Gasteiger partial charge in [-0.15, -0.1) is 0 Å². The van der Waals surface area contributed by atoms with Crippen molar-refractivity contribution in [3.8, 4) is 11.5 Å². The van der Waals surface area contributed by atoms with Gasteiger partial charge in [0.15, 0.2) is 17.5 Å². The highest BCUT2D eigenvalue weighted by Gasteiger charge is 2.05. The van der Waals surface area contributed by atoms with Crippen molar-refractivity contribution in [2.45, 2.75) is 39.7 Å². The second-order valence-corrected chi connectivity index (χ2v) is 6.33. The summed E-state index contributed by atoms with van der Waals surface area (Å²) in [5, 5.41) is 10.9. The third-order valence-corrected chi connectivity index (χ3v) is 4.18. The number of rotatable bonds is 12. The SMILES string of the molecule is CCNC(=NCCCn1cccn1)NCCCc1ccc(OC)c(OCC)c1. The van der Waals surface area contributed by atoms with E-state index in [0.717, 1.165) is 62.9 Å². The Kier molecular flexibility index (Phi) is 9.75. The number of aryl methyl sites for hydroxylation is 2. The molecular formula is C21H33N5O2. The van der Waals surface area contributed by atoms with Crippen LogP contribution < -0.4 is 20.1 Å². The molecule has 28 heavy (non-hydrogen) atoms. The first kappa shape index (κ1) is 21.6. The molecule has 0 amide bonds. The third-order valence-electron chi connectivity index (χ3n) is 4.18. The minimum atomic E-state index is 0.629. The van der Waals surface area contributed by atoms with E-state index in [1.54, 1.807) is 13.3 Å². The van der Waals surface area contributed by atoms with E-state index in [9.17, 15) is 0 Å². The molecule has 154 valence electrons. The smallest absolute Gasteiger partial charge is 0.191 e. The van der Waals surface area contributed by atoms with E-state index >= 15 is 0 Å². The number of aromatic nitrogens is 2. The van der Waals surface area contributed by atoms with Gasteiger partial charge in [0.2, 0.25) is 0 Å². The van der Waals surface area contributed by atoms with Crippen molar-refractivity contribution in [3.05, 3.63) is 42.2 Å². The number of benzene rings is 1. The predicted molar refractivity (Wildman–Crippen MR) is 113 cm³/mol. The Morgan fingerprint density at radius 3 is 2.79 bits per heavy atom. The molecule has 0 atom stereocenters. The maximum Gasteiger partial charge on any atom is 0.191 e. The van der Waals surface area contributed by atoms with E-state index < -0.39 is 0 Å². The fraction of sp³-hybridized carbons (Fsp3) is 0.524. The molecule has 1 aromatic heterocycles. The number of aliphatic imine (C=N–C) groups is 1. The Morgan fingerprint density at radius 1 is 1.18 bits per heavy atom. The van der Waals surface area contributed by atoms with Crippen LogP contribution in [0, 0.1) is 0 Å². The molecule has 2 N–H and O–H groups in total. The first-order chi connectivity index (χ1) is 13.8. The largest absolute Gasteiger partial charge is 0.493 e. The molecule has 0 saturated heterocycles. The maximum absolute atomic E-state index is 5.65. The average molecular weight is 388 g/mol. The Bertz CT molecular complexity index is 701. The van der Waals surface area contributed by atoms with Gasteiger partial charge in [0, 0.05) is 38.6 Å². The van der Waals surface area contributed by atoms with Gasteiger partial charge in [0.05, 0.1) is 13.7 Å². The molecule has 0 radical (unpaired) electrons. The van der Waals surface area contributed by atoms with E-state index in [4.69, 9.17) is 9.47 Å². The molecule has 0 aliphatic carbocycles. The number of hydrogen-bond acceptors (Lipinski definition) is 4. The number of nitrogens with zero attached hydrogens (tertiary/aromatic N) is 3. The van der Waals surface area contributed by atoms with Gasteiger partial charge in [-0.1, -0.05) is 6.07 Å². The highest BCUT2D eigenvalue weighted by atomic mass is 16.5. The number of ether oxygens (including phenoxy) is 2. The molecule has 1 aromatic carbocycles. The van der Waals surface area contributed by atoms with E-state index in [0.29, 0.717) is 6.61 Å². The lowest BCUT2D eigenvalue weighted by Crippen LogP contribution is -2.38. The molecule has 0 aliphatic heterocycles. The fourth-order valence-corrected chi connectivity index (χ4v) is 2.84. The molecule has 0 bridgehead atoms. The number of hydrogen-bond donors (Lipinski definition) is 2. The van der Waals surface area contributed by atoms with Crippen LogP contribution in [0.3, 0.4) is 0 Å². The third kappa shape index (κ3) is 7.50. The first-order valence-corrected chi connectivity index (χ1v) is 10.1. The molecule has 0 aliphatic rings. The molecular weight excluding hydrogens is 354 g/mol. The summed E-state index contributed by atoms with van der Waals surface area (Å²) >= 11 is 0. The second-order valence-electron chi connectivity index (χ2n) is 6.33. The van der Waals surface area contributed by atoms with Crippen molar-refractivity contribution in [2.24, 2.45) is 4.99 Å². The van der Waals surface area contributed by atoms with Crippen LogP contribution >= 0.6 is 0 Å². The van der Waals surface area contributed by atoms with Crippen molar-refractivity contribution >= 4 is 5.96 Å². The highest BCUT2D eigenvalue weighted by molar-refractivity contribution is 5.79. The van der Waals surface area contributed by atoms with Crippen LogP contribution in [0.15, 0.2) is 41.7 Å². The van der Waals surface area contributed by atoms with Gasteiger partial charge in [-0.3, -0.25) is 9.67 Å². The predicted octanol–water partition coefficient (Wildman–Crippen LogP) is 2.87. The van der Waals surface area contributed by atoms with Gasteiger partial charge < -0.3 is 20.1 Å². The minimum Gasteiger partial charge on any atom is -0.493 e. The summed E-state index contributed by atoms with van der Waals surface area (Å²) in [4.78, 5) is 4.64. The zero-order chi connectivity index (χ0) is 20.0. The highest BCUT2D eigenvalue weighted by Crippen LogP contribution is 2.28. The van der Waals surface area contributed by atoms with Crippen molar-refractivity contribution in [3.63, 3.8) is 0 Å². The first-order valence-electron chi connectivity index (χ1n) is 10.1. The van der Waals surface area contributed by atoms with E-state index in [-0.39, 0.29) is 0 Å². The zero-order valence-corrected chi connectivity index (χ0v) is 17.3. The van der Waals surface area contributed by atoms with Gasteiger partial charge >= 0.3 is 0 Å². The van der Waals surface area contributed by atoms with Gasteiger partial charge in [-0.2, -0.15) is 5.10 Å². The van der Waals surface area contributed by atoms with Crippen molar-refractivity contribution in [1.82, 2.24) is 20.4 Å². The van der Waals surface area contributed by atoms with Gasteiger partial charge in [-0.25, -0.2) is 0 Å². The number of methoxy groups -OCH3 is 1. The second kappa shape index (κ2) is 12.6. The van der Waals surface area contributed by atoms with E-state index in [2.05, 4.69) is 39.8 Å². The molecule has 0 saturated carbocycles. The summed E-state index contributed by atoms with van der Waals surface area (Å²) in [6, 6.07) is 8.07. The van der Waals surface area contributed by atoms with Crippen molar-refractivity contribution in [1.29, 1.82) is 0 Å². The summed E-state index contributed by atoms with van der Waals surface area (Å²) in [6.45, 7) is 8.05. The summed E-state index contributed by atoms with van der Waals surface area (Å²) in [5.74, 6) is 2.45. The van der Waals surface area contributed by atoms with Gasteiger partial charge in [0.25, 0.3) is 0 Å². The Labute approximate surface area is 168 Å². The molecule has 0 fully saturated rings. The topological polar surface area (TPSA) is 72.7 Å². The van der Waals surface area contributed by atoms with Crippen LogP contribution in [0.5, 0.6) is 11.5 Å².